The minimum Gasteiger partial charge on any atom is -0.351 e. The molecule has 0 bridgehead atoms. The van der Waals surface area contributed by atoms with Crippen molar-refractivity contribution in [2.24, 2.45) is 5.41 Å². The summed E-state index contributed by atoms with van der Waals surface area (Å²) in [5.41, 5.74) is 1.05. The van der Waals surface area contributed by atoms with Crippen LogP contribution in [0.3, 0.4) is 0 Å². The number of nitrogens with one attached hydrogen (secondary N) is 2. The molecule has 0 heterocycles. The number of amides is 1. The number of carbonyl (C=O) groups excluding carboxylic acids is 1. The maximum atomic E-state index is 12.0. The predicted molar refractivity (Wildman–Crippen MR) is 76.1 cm³/mol. The Balaban J connectivity index is 1.87. The zero-order valence-corrected chi connectivity index (χ0v) is 11.8. The van der Waals surface area contributed by atoms with Gasteiger partial charge in [0.15, 0.2) is 0 Å². The molecule has 0 radical (unpaired) electrons. The summed E-state index contributed by atoms with van der Waals surface area (Å²) in [6, 6.07) is 7.75. The van der Waals surface area contributed by atoms with Crippen LogP contribution in [0.25, 0.3) is 0 Å². The molecule has 1 aliphatic rings. The van der Waals surface area contributed by atoms with Gasteiger partial charge in [-0.25, -0.2) is 0 Å². The van der Waals surface area contributed by atoms with Crippen LogP contribution in [0, 0.1) is 5.41 Å². The number of thioether (sulfide) groups is 1. The molecule has 0 saturated heterocycles. The lowest BCUT2D eigenvalue weighted by Gasteiger charge is -2.15. The molecular weight excluding hydrogens is 244 g/mol. The highest BCUT2D eigenvalue weighted by atomic mass is 32.2. The van der Waals surface area contributed by atoms with E-state index in [1.807, 2.05) is 37.6 Å². The van der Waals surface area contributed by atoms with E-state index in [9.17, 15) is 4.79 Å². The molecule has 4 heteroatoms. The van der Waals surface area contributed by atoms with Gasteiger partial charge in [-0.3, -0.25) is 4.79 Å². The average Bonchev–Trinajstić information content (AvgIpc) is 3.17. The third-order valence-corrected chi connectivity index (χ3v) is 4.23. The first-order valence-electron chi connectivity index (χ1n) is 6.26. The fourth-order valence-electron chi connectivity index (χ4n) is 2.08. The molecule has 2 N–H and O–H groups in total. The minimum atomic E-state index is 0.0324. The van der Waals surface area contributed by atoms with Crippen LogP contribution in [0.1, 0.15) is 23.2 Å². The first kappa shape index (κ1) is 13.4. The molecular formula is C14H20N2OS. The Labute approximate surface area is 113 Å². The maximum Gasteiger partial charge on any atom is 0.251 e. The molecule has 1 amide bonds. The van der Waals surface area contributed by atoms with Gasteiger partial charge in [0.25, 0.3) is 5.91 Å². The van der Waals surface area contributed by atoms with Gasteiger partial charge in [0.1, 0.15) is 0 Å². The first-order chi connectivity index (χ1) is 8.69. The summed E-state index contributed by atoms with van der Waals surface area (Å²) in [5.74, 6) is 0.0324. The molecule has 0 aromatic heterocycles. The van der Waals surface area contributed by atoms with Crippen molar-refractivity contribution in [1.29, 1.82) is 0 Å². The molecule has 0 unspecified atom stereocenters. The van der Waals surface area contributed by atoms with Crippen molar-refractivity contribution >= 4 is 17.7 Å². The van der Waals surface area contributed by atoms with E-state index in [0.717, 1.165) is 18.7 Å². The van der Waals surface area contributed by atoms with E-state index in [4.69, 9.17) is 0 Å². The van der Waals surface area contributed by atoms with Gasteiger partial charge in [0.05, 0.1) is 0 Å². The van der Waals surface area contributed by atoms with Crippen LogP contribution in [0.5, 0.6) is 0 Å². The Morgan fingerprint density at radius 3 is 2.44 bits per heavy atom. The Morgan fingerprint density at radius 1 is 1.28 bits per heavy atom. The number of rotatable bonds is 6. The van der Waals surface area contributed by atoms with Gasteiger partial charge in [0.2, 0.25) is 0 Å². The molecule has 0 aliphatic heterocycles. The highest BCUT2D eigenvalue weighted by Crippen LogP contribution is 2.44. The second-order valence-electron chi connectivity index (χ2n) is 4.94. The fourth-order valence-corrected chi connectivity index (χ4v) is 2.49. The van der Waals surface area contributed by atoms with Gasteiger partial charge in [-0.1, -0.05) is 0 Å². The van der Waals surface area contributed by atoms with Crippen LogP contribution < -0.4 is 10.6 Å². The Hall–Kier alpha value is -1.00. The molecule has 1 fully saturated rings. The molecule has 98 valence electrons. The molecule has 18 heavy (non-hydrogen) atoms. The summed E-state index contributed by atoms with van der Waals surface area (Å²) in [7, 11) is 1.96. The zero-order chi connectivity index (χ0) is 13.0. The van der Waals surface area contributed by atoms with Crippen LogP contribution in [0.15, 0.2) is 29.2 Å². The van der Waals surface area contributed by atoms with Crippen molar-refractivity contribution in [3.05, 3.63) is 29.8 Å². The molecule has 1 aromatic rings. The second kappa shape index (κ2) is 5.76. The summed E-state index contributed by atoms with van der Waals surface area (Å²) >= 11 is 1.68. The lowest BCUT2D eigenvalue weighted by atomic mass is 10.1. The molecule has 1 aromatic carbocycles. The number of hydrogen-bond acceptors (Lipinski definition) is 3. The Bertz CT molecular complexity index is 412. The monoisotopic (exact) mass is 264 g/mol. The highest BCUT2D eigenvalue weighted by Gasteiger charge is 2.41. The fraction of sp³-hybridized carbons (Fsp3) is 0.500. The van der Waals surface area contributed by atoms with Crippen molar-refractivity contribution in [3.8, 4) is 0 Å². The van der Waals surface area contributed by atoms with E-state index in [1.54, 1.807) is 11.8 Å². The van der Waals surface area contributed by atoms with E-state index in [1.165, 1.54) is 17.7 Å². The van der Waals surface area contributed by atoms with Crippen molar-refractivity contribution in [2.75, 3.05) is 26.4 Å². The quantitative estimate of drug-likeness (QED) is 0.774. The van der Waals surface area contributed by atoms with Crippen LogP contribution in [0.4, 0.5) is 0 Å². The molecule has 1 saturated carbocycles. The van der Waals surface area contributed by atoms with E-state index in [2.05, 4.69) is 10.6 Å². The van der Waals surface area contributed by atoms with Gasteiger partial charge in [-0.2, -0.15) is 0 Å². The lowest BCUT2D eigenvalue weighted by molar-refractivity contribution is 0.0944. The molecule has 0 spiro atoms. The van der Waals surface area contributed by atoms with Gasteiger partial charge in [0, 0.05) is 29.0 Å². The van der Waals surface area contributed by atoms with E-state index >= 15 is 0 Å². The van der Waals surface area contributed by atoms with Crippen molar-refractivity contribution in [3.63, 3.8) is 0 Å². The summed E-state index contributed by atoms with van der Waals surface area (Å²) in [6.07, 6.45) is 4.45. The first-order valence-corrected chi connectivity index (χ1v) is 7.48. The summed E-state index contributed by atoms with van der Waals surface area (Å²) < 4.78 is 0. The maximum absolute atomic E-state index is 12.0. The van der Waals surface area contributed by atoms with Crippen molar-refractivity contribution in [1.82, 2.24) is 10.6 Å². The SMILES string of the molecule is CNCC1(CNC(=O)c2ccc(SC)cc2)CC1. The third-order valence-electron chi connectivity index (χ3n) is 3.49. The van der Waals surface area contributed by atoms with Crippen LogP contribution in [-0.4, -0.2) is 32.3 Å². The summed E-state index contributed by atoms with van der Waals surface area (Å²) in [5, 5.41) is 6.23. The number of hydrogen-bond donors (Lipinski definition) is 2. The summed E-state index contributed by atoms with van der Waals surface area (Å²) in [6.45, 7) is 1.76. The van der Waals surface area contributed by atoms with Gasteiger partial charge < -0.3 is 10.6 Å². The van der Waals surface area contributed by atoms with E-state index in [-0.39, 0.29) is 5.91 Å². The smallest absolute Gasteiger partial charge is 0.251 e. The molecule has 2 rings (SSSR count). The highest BCUT2D eigenvalue weighted by molar-refractivity contribution is 7.98. The normalized spacial score (nSPS) is 16.3. The summed E-state index contributed by atoms with van der Waals surface area (Å²) in [4.78, 5) is 13.2. The van der Waals surface area contributed by atoms with Crippen LogP contribution in [-0.2, 0) is 0 Å². The van der Waals surface area contributed by atoms with Crippen molar-refractivity contribution in [2.45, 2.75) is 17.7 Å². The Kier molecular flexibility index (Phi) is 4.30. The van der Waals surface area contributed by atoms with Gasteiger partial charge in [-0.05, 0) is 50.4 Å². The number of benzene rings is 1. The average molecular weight is 264 g/mol. The van der Waals surface area contributed by atoms with Crippen LogP contribution in [0.2, 0.25) is 0 Å². The van der Waals surface area contributed by atoms with E-state index < -0.39 is 0 Å². The lowest BCUT2D eigenvalue weighted by Crippen LogP contribution is -2.34. The van der Waals surface area contributed by atoms with Crippen molar-refractivity contribution < 1.29 is 4.79 Å². The molecule has 1 aliphatic carbocycles. The van der Waals surface area contributed by atoms with Gasteiger partial charge in [-0.15, -0.1) is 11.8 Å². The minimum absolute atomic E-state index is 0.0324. The molecule has 3 nitrogen and oxygen atoms in total. The zero-order valence-electron chi connectivity index (χ0n) is 11.0. The number of carbonyl (C=O) groups is 1. The third kappa shape index (κ3) is 3.27. The van der Waals surface area contributed by atoms with Gasteiger partial charge >= 0.3 is 0 Å². The largest absolute Gasteiger partial charge is 0.351 e. The molecule has 0 atom stereocenters. The predicted octanol–water partition coefficient (Wildman–Crippen LogP) is 2.14. The topological polar surface area (TPSA) is 41.1 Å². The standard InChI is InChI=1S/C14H20N2OS/c1-15-9-14(7-8-14)10-16-13(17)11-3-5-12(18-2)6-4-11/h3-6,15H,7-10H2,1-2H3,(H,16,17). The Morgan fingerprint density at radius 2 is 1.94 bits per heavy atom. The second-order valence-corrected chi connectivity index (χ2v) is 5.82. The van der Waals surface area contributed by atoms with E-state index in [0.29, 0.717) is 5.41 Å². The van der Waals surface area contributed by atoms with Crippen LogP contribution >= 0.6 is 11.8 Å².